The molecule has 2 atom stereocenters. The van der Waals surface area contributed by atoms with Crippen molar-refractivity contribution in [2.75, 3.05) is 0 Å². The van der Waals surface area contributed by atoms with E-state index in [2.05, 4.69) is 24.0 Å². The van der Waals surface area contributed by atoms with Gasteiger partial charge in [0.25, 0.3) is 0 Å². The first-order chi connectivity index (χ1) is 9.09. The number of rotatable bonds is 2. The van der Waals surface area contributed by atoms with Crippen LogP contribution in [-0.4, -0.2) is 16.2 Å². The van der Waals surface area contributed by atoms with Crippen LogP contribution in [0.15, 0.2) is 28.8 Å². The van der Waals surface area contributed by atoms with E-state index in [-0.39, 0.29) is 11.5 Å². The third-order valence-electron chi connectivity index (χ3n) is 4.25. The average molecular weight is 257 g/mol. The van der Waals surface area contributed by atoms with Crippen molar-refractivity contribution < 1.29 is 4.52 Å². The van der Waals surface area contributed by atoms with E-state index in [1.807, 2.05) is 24.3 Å². The van der Waals surface area contributed by atoms with Crippen LogP contribution in [0.5, 0.6) is 0 Å². The molecule has 2 unspecified atom stereocenters. The highest BCUT2D eigenvalue weighted by Gasteiger charge is 2.42. The predicted molar refractivity (Wildman–Crippen MR) is 73.6 cm³/mol. The molecule has 0 bridgehead atoms. The fourth-order valence-electron chi connectivity index (χ4n) is 2.73. The van der Waals surface area contributed by atoms with Gasteiger partial charge in [-0.15, -0.1) is 0 Å². The zero-order valence-electron chi connectivity index (χ0n) is 11.4. The number of nitrogens with zero attached hydrogens (tertiary/aromatic N) is 2. The Morgan fingerprint density at radius 3 is 2.68 bits per heavy atom. The summed E-state index contributed by atoms with van der Waals surface area (Å²) in [5.41, 5.74) is 8.22. The topological polar surface area (TPSA) is 64.9 Å². The van der Waals surface area contributed by atoms with Crippen molar-refractivity contribution in [1.29, 1.82) is 0 Å². The van der Waals surface area contributed by atoms with Gasteiger partial charge in [-0.1, -0.05) is 41.4 Å². The Labute approximate surface area is 113 Å². The van der Waals surface area contributed by atoms with E-state index in [0.29, 0.717) is 11.7 Å². The molecule has 1 saturated carbocycles. The van der Waals surface area contributed by atoms with Gasteiger partial charge in [0, 0.05) is 11.6 Å². The zero-order chi connectivity index (χ0) is 13.5. The van der Waals surface area contributed by atoms with E-state index in [9.17, 15) is 0 Å². The number of hydrogen-bond acceptors (Lipinski definition) is 4. The molecule has 2 N–H and O–H groups in total. The van der Waals surface area contributed by atoms with Gasteiger partial charge in [-0.2, -0.15) is 4.98 Å². The quantitative estimate of drug-likeness (QED) is 0.898. The van der Waals surface area contributed by atoms with Crippen molar-refractivity contribution in [3.8, 4) is 11.4 Å². The summed E-state index contributed by atoms with van der Waals surface area (Å²) >= 11 is 0. The van der Waals surface area contributed by atoms with E-state index in [1.54, 1.807) is 0 Å². The summed E-state index contributed by atoms with van der Waals surface area (Å²) in [7, 11) is 0. The Hall–Kier alpha value is -1.68. The van der Waals surface area contributed by atoms with E-state index in [0.717, 1.165) is 24.8 Å². The van der Waals surface area contributed by atoms with Gasteiger partial charge in [0.1, 0.15) is 0 Å². The van der Waals surface area contributed by atoms with Gasteiger partial charge in [0.2, 0.25) is 11.7 Å². The van der Waals surface area contributed by atoms with Crippen molar-refractivity contribution in [3.63, 3.8) is 0 Å². The van der Waals surface area contributed by atoms with Crippen molar-refractivity contribution in [1.82, 2.24) is 10.1 Å². The van der Waals surface area contributed by atoms with Crippen LogP contribution in [0.3, 0.4) is 0 Å². The summed E-state index contributed by atoms with van der Waals surface area (Å²) in [6.07, 6.45) is 3.17. The zero-order valence-corrected chi connectivity index (χ0v) is 11.4. The summed E-state index contributed by atoms with van der Waals surface area (Å²) in [6, 6.07) is 8.24. The first-order valence-corrected chi connectivity index (χ1v) is 6.76. The molecule has 100 valence electrons. The Kier molecular flexibility index (Phi) is 2.90. The third-order valence-corrected chi connectivity index (χ3v) is 4.25. The summed E-state index contributed by atoms with van der Waals surface area (Å²) in [4.78, 5) is 4.56. The first kappa shape index (κ1) is 12.4. The molecule has 1 aromatic heterocycles. The molecule has 1 fully saturated rings. The van der Waals surface area contributed by atoms with Crippen molar-refractivity contribution in [2.24, 2.45) is 5.73 Å². The van der Waals surface area contributed by atoms with E-state index < -0.39 is 0 Å². The second-order valence-electron chi connectivity index (χ2n) is 5.71. The predicted octanol–water partition coefficient (Wildman–Crippen LogP) is 2.81. The van der Waals surface area contributed by atoms with Crippen LogP contribution in [-0.2, 0) is 5.41 Å². The maximum absolute atomic E-state index is 6.19. The van der Waals surface area contributed by atoms with Gasteiger partial charge in [-0.25, -0.2) is 0 Å². The first-order valence-electron chi connectivity index (χ1n) is 6.76. The minimum Gasteiger partial charge on any atom is -0.338 e. The van der Waals surface area contributed by atoms with Gasteiger partial charge >= 0.3 is 0 Å². The molecular weight excluding hydrogens is 238 g/mol. The molecule has 0 amide bonds. The van der Waals surface area contributed by atoms with Crippen molar-refractivity contribution >= 4 is 0 Å². The lowest BCUT2D eigenvalue weighted by molar-refractivity contribution is 0.278. The third kappa shape index (κ3) is 2.06. The second kappa shape index (κ2) is 4.46. The lowest BCUT2D eigenvalue weighted by Crippen LogP contribution is -2.38. The Morgan fingerprint density at radius 2 is 2.05 bits per heavy atom. The molecule has 4 nitrogen and oxygen atoms in total. The summed E-state index contributed by atoms with van der Waals surface area (Å²) in [6.45, 7) is 4.18. The molecule has 3 rings (SSSR count). The van der Waals surface area contributed by atoms with E-state index >= 15 is 0 Å². The molecule has 0 aliphatic heterocycles. The minimum absolute atomic E-state index is 0.110. The molecule has 2 aromatic rings. The maximum atomic E-state index is 6.19. The van der Waals surface area contributed by atoms with Crippen LogP contribution < -0.4 is 5.73 Å². The lowest BCUT2D eigenvalue weighted by atomic mass is 9.85. The van der Waals surface area contributed by atoms with Gasteiger partial charge in [-0.05, 0) is 26.7 Å². The molecule has 19 heavy (non-hydrogen) atoms. The van der Waals surface area contributed by atoms with Crippen molar-refractivity contribution in [2.45, 2.75) is 44.6 Å². The Bertz CT molecular complexity index is 575. The van der Waals surface area contributed by atoms with Gasteiger partial charge in [0.05, 0.1) is 5.41 Å². The standard InChI is InChI=1S/C15H19N3O/c1-10-5-7-11(8-6-10)13-17-14(19-18-13)15(2)9-3-4-12(15)16/h5-8,12H,3-4,9,16H2,1-2H3. The molecular formula is C15H19N3O. The highest BCUT2D eigenvalue weighted by Crippen LogP contribution is 2.39. The summed E-state index contributed by atoms with van der Waals surface area (Å²) in [5.74, 6) is 1.32. The van der Waals surface area contributed by atoms with Gasteiger partial charge in [-0.3, -0.25) is 0 Å². The van der Waals surface area contributed by atoms with Gasteiger partial charge < -0.3 is 10.3 Å². The number of hydrogen-bond donors (Lipinski definition) is 1. The van der Waals surface area contributed by atoms with Crippen LogP contribution in [0.1, 0.15) is 37.6 Å². The normalized spacial score (nSPS) is 26.8. The van der Waals surface area contributed by atoms with Crippen LogP contribution in [0.25, 0.3) is 11.4 Å². The van der Waals surface area contributed by atoms with Crippen LogP contribution in [0.2, 0.25) is 0 Å². The largest absolute Gasteiger partial charge is 0.338 e. The van der Waals surface area contributed by atoms with Crippen molar-refractivity contribution in [3.05, 3.63) is 35.7 Å². The molecule has 1 aromatic carbocycles. The molecule has 0 saturated heterocycles. The highest BCUT2D eigenvalue weighted by atomic mass is 16.5. The molecule has 1 aliphatic rings. The number of benzene rings is 1. The van der Waals surface area contributed by atoms with Crippen LogP contribution in [0.4, 0.5) is 0 Å². The fraction of sp³-hybridized carbons (Fsp3) is 0.467. The van der Waals surface area contributed by atoms with Gasteiger partial charge in [0.15, 0.2) is 0 Å². The SMILES string of the molecule is Cc1ccc(-c2noc(C3(C)CCCC3N)n2)cc1. The molecule has 0 spiro atoms. The average Bonchev–Trinajstić information content (AvgIpc) is 3.00. The summed E-state index contributed by atoms with van der Waals surface area (Å²) < 4.78 is 5.47. The van der Waals surface area contributed by atoms with Crippen LogP contribution in [0, 0.1) is 6.92 Å². The smallest absolute Gasteiger partial charge is 0.234 e. The molecule has 1 heterocycles. The number of nitrogens with two attached hydrogens (primary N) is 1. The fourth-order valence-corrected chi connectivity index (χ4v) is 2.73. The highest BCUT2D eigenvalue weighted by molar-refractivity contribution is 5.54. The minimum atomic E-state index is -0.171. The maximum Gasteiger partial charge on any atom is 0.234 e. The Morgan fingerprint density at radius 1 is 1.32 bits per heavy atom. The molecule has 1 aliphatic carbocycles. The van der Waals surface area contributed by atoms with E-state index in [4.69, 9.17) is 10.3 Å². The van der Waals surface area contributed by atoms with E-state index in [1.165, 1.54) is 5.56 Å². The number of aryl methyl sites for hydroxylation is 1. The molecule has 0 radical (unpaired) electrons. The summed E-state index contributed by atoms with van der Waals surface area (Å²) in [5, 5.41) is 4.10. The Balaban J connectivity index is 1.93. The monoisotopic (exact) mass is 257 g/mol. The van der Waals surface area contributed by atoms with Crippen LogP contribution >= 0.6 is 0 Å². The second-order valence-corrected chi connectivity index (χ2v) is 5.71. The molecule has 4 heteroatoms. The lowest BCUT2D eigenvalue weighted by Gasteiger charge is -2.23. The number of aromatic nitrogens is 2.